The summed E-state index contributed by atoms with van der Waals surface area (Å²) in [6.45, 7) is 0.339. The van der Waals surface area contributed by atoms with Crippen molar-refractivity contribution in [3.05, 3.63) is 12.2 Å². The average molecular weight is 312 g/mol. The molecule has 2 N–H and O–H groups in total. The number of amides is 2. The molecule has 9 heteroatoms. The largest absolute Gasteiger partial charge is 0.480 e. The average Bonchev–Trinajstić information content (AvgIpc) is 3.00. The number of carboxylic acids is 1. The first kappa shape index (κ1) is 14.2. The summed E-state index contributed by atoms with van der Waals surface area (Å²) < 4.78 is 4.85. The first-order valence-electron chi connectivity index (χ1n) is 6.83. The molecule has 8 nitrogen and oxygen atoms in total. The van der Waals surface area contributed by atoms with Crippen LogP contribution in [0, 0.1) is 5.92 Å². The summed E-state index contributed by atoms with van der Waals surface area (Å²) in [5.41, 5.74) is 0. The first-order chi connectivity index (χ1) is 10.2. The van der Waals surface area contributed by atoms with E-state index in [2.05, 4.69) is 15.5 Å². The van der Waals surface area contributed by atoms with Gasteiger partial charge in [-0.2, -0.15) is 4.98 Å². The molecular formula is C12H16N4O4S. The van der Waals surface area contributed by atoms with E-state index in [9.17, 15) is 14.7 Å². The van der Waals surface area contributed by atoms with Crippen LogP contribution in [0.1, 0.15) is 18.7 Å². The number of urea groups is 1. The zero-order valence-electron chi connectivity index (χ0n) is 11.3. The minimum Gasteiger partial charge on any atom is -0.480 e. The van der Waals surface area contributed by atoms with Crippen LogP contribution < -0.4 is 5.32 Å². The van der Waals surface area contributed by atoms with Crippen molar-refractivity contribution in [1.82, 2.24) is 20.4 Å². The number of rotatable bonds is 5. The zero-order chi connectivity index (χ0) is 14.8. The van der Waals surface area contributed by atoms with E-state index in [1.165, 1.54) is 11.2 Å². The zero-order valence-corrected chi connectivity index (χ0v) is 12.1. The molecule has 114 valence electrons. The highest BCUT2D eigenvalue weighted by atomic mass is 32.2. The maximum atomic E-state index is 12.3. The number of aromatic nitrogens is 2. The third kappa shape index (κ3) is 3.12. The summed E-state index contributed by atoms with van der Waals surface area (Å²) in [5, 5.41) is 15.5. The highest BCUT2D eigenvalue weighted by molar-refractivity contribution is 8.00. The third-order valence-corrected chi connectivity index (χ3v) is 5.06. The van der Waals surface area contributed by atoms with Crippen LogP contribution in [0.25, 0.3) is 0 Å². The van der Waals surface area contributed by atoms with E-state index < -0.39 is 12.0 Å². The summed E-state index contributed by atoms with van der Waals surface area (Å²) in [7, 11) is 0. The highest BCUT2D eigenvalue weighted by Crippen LogP contribution is 2.45. The maximum Gasteiger partial charge on any atom is 0.327 e. The van der Waals surface area contributed by atoms with Crippen molar-refractivity contribution < 1.29 is 19.2 Å². The second kappa shape index (κ2) is 5.92. The Morgan fingerprint density at radius 3 is 2.95 bits per heavy atom. The van der Waals surface area contributed by atoms with Crippen molar-refractivity contribution in [3.8, 4) is 0 Å². The Morgan fingerprint density at radius 1 is 1.52 bits per heavy atom. The van der Waals surface area contributed by atoms with Gasteiger partial charge in [-0.25, -0.2) is 9.59 Å². The van der Waals surface area contributed by atoms with Crippen LogP contribution in [0.4, 0.5) is 4.79 Å². The topological polar surface area (TPSA) is 109 Å². The van der Waals surface area contributed by atoms with Crippen molar-refractivity contribution >= 4 is 23.8 Å². The number of nitrogens with zero attached hydrogens (tertiary/aromatic N) is 3. The number of aliphatic carboxylic acids is 1. The van der Waals surface area contributed by atoms with Gasteiger partial charge in [0, 0.05) is 18.7 Å². The molecule has 2 amide bonds. The molecule has 3 rings (SSSR count). The second-order valence-electron chi connectivity index (χ2n) is 5.14. The summed E-state index contributed by atoms with van der Waals surface area (Å²) >= 11 is 1.56. The van der Waals surface area contributed by atoms with Crippen molar-refractivity contribution in [3.63, 3.8) is 0 Å². The van der Waals surface area contributed by atoms with Gasteiger partial charge in [-0.1, -0.05) is 5.16 Å². The number of hydrogen-bond acceptors (Lipinski definition) is 6. The number of thioether (sulfide) groups is 1. The first-order valence-corrected chi connectivity index (χ1v) is 7.88. The standard InChI is InChI=1S/C12H16N4O4S/c17-11(18)8-5-21-10(7-1-2-7)16(8)12(19)13-4-3-9-14-6-15-20-9/h6-8,10H,1-5H2,(H,13,19)(H,17,18). The van der Waals surface area contributed by atoms with Gasteiger partial charge in [-0.15, -0.1) is 11.8 Å². The molecule has 1 saturated carbocycles. The Morgan fingerprint density at radius 2 is 2.33 bits per heavy atom. The Bertz CT molecular complexity index is 519. The molecule has 1 aliphatic heterocycles. The Hall–Kier alpha value is -1.77. The predicted octanol–water partition coefficient (Wildman–Crippen LogP) is 0.560. The summed E-state index contributed by atoms with van der Waals surface area (Å²) in [4.78, 5) is 29.0. The predicted molar refractivity (Wildman–Crippen MR) is 73.6 cm³/mol. The lowest BCUT2D eigenvalue weighted by atomic mass is 10.2. The van der Waals surface area contributed by atoms with Crippen molar-refractivity contribution in [1.29, 1.82) is 0 Å². The lowest BCUT2D eigenvalue weighted by Crippen LogP contribution is -2.51. The molecule has 0 aromatic carbocycles. The van der Waals surface area contributed by atoms with Crippen LogP contribution in [-0.4, -0.2) is 55.9 Å². The van der Waals surface area contributed by atoms with Gasteiger partial charge in [0.15, 0.2) is 6.33 Å². The minimum absolute atomic E-state index is 0.0190. The molecule has 0 radical (unpaired) electrons. The van der Waals surface area contributed by atoms with E-state index in [-0.39, 0.29) is 11.4 Å². The lowest BCUT2D eigenvalue weighted by molar-refractivity contribution is -0.141. The van der Waals surface area contributed by atoms with E-state index in [0.717, 1.165) is 12.8 Å². The molecule has 1 aliphatic carbocycles. The van der Waals surface area contributed by atoms with E-state index >= 15 is 0 Å². The van der Waals surface area contributed by atoms with Crippen molar-refractivity contribution in [2.75, 3.05) is 12.3 Å². The van der Waals surface area contributed by atoms with Crippen LogP contribution in [0.15, 0.2) is 10.9 Å². The Balaban J connectivity index is 1.58. The fraction of sp³-hybridized carbons (Fsp3) is 0.667. The molecule has 0 bridgehead atoms. The fourth-order valence-corrected chi connectivity index (χ4v) is 4.02. The molecule has 2 aliphatic rings. The molecule has 1 saturated heterocycles. The molecule has 2 unspecified atom stereocenters. The van der Waals surface area contributed by atoms with E-state index in [1.807, 2.05) is 0 Å². The van der Waals surface area contributed by atoms with Gasteiger partial charge in [0.2, 0.25) is 5.89 Å². The van der Waals surface area contributed by atoms with E-state index in [0.29, 0.717) is 30.5 Å². The molecule has 2 atom stereocenters. The molecular weight excluding hydrogens is 296 g/mol. The van der Waals surface area contributed by atoms with Gasteiger partial charge >= 0.3 is 12.0 Å². The van der Waals surface area contributed by atoms with Crippen molar-refractivity contribution in [2.45, 2.75) is 30.7 Å². The normalized spacial score (nSPS) is 25.0. The Labute approximate surface area is 125 Å². The molecule has 2 fully saturated rings. The van der Waals surface area contributed by atoms with Crippen molar-refractivity contribution in [2.24, 2.45) is 5.92 Å². The van der Waals surface area contributed by atoms with Gasteiger partial charge < -0.3 is 14.9 Å². The van der Waals surface area contributed by atoms with Gasteiger partial charge in [-0.05, 0) is 18.8 Å². The van der Waals surface area contributed by atoms with Gasteiger partial charge in [0.25, 0.3) is 0 Å². The summed E-state index contributed by atoms with van der Waals surface area (Å²) in [6, 6.07) is -1.08. The van der Waals surface area contributed by atoms with Crippen LogP contribution in [-0.2, 0) is 11.2 Å². The number of carbonyl (C=O) groups excluding carboxylic acids is 1. The van der Waals surface area contributed by atoms with Gasteiger partial charge in [0.05, 0.1) is 5.37 Å². The summed E-state index contributed by atoms with van der Waals surface area (Å²) in [6.07, 6.45) is 3.86. The molecule has 1 aromatic rings. The van der Waals surface area contributed by atoms with Gasteiger partial charge in [-0.3, -0.25) is 4.90 Å². The quantitative estimate of drug-likeness (QED) is 0.817. The van der Waals surface area contributed by atoms with E-state index in [1.54, 1.807) is 11.8 Å². The van der Waals surface area contributed by atoms with Crippen LogP contribution >= 0.6 is 11.8 Å². The molecule has 0 spiro atoms. The number of carbonyl (C=O) groups is 2. The summed E-state index contributed by atoms with van der Waals surface area (Å²) in [5.74, 6) is 0.381. The van der Waals surface area contributed by atoms with E-state index in [4.69, 9.17) is 4.52 Å². The Kier molecular flexibility index (Phi) is 4.00. The molecule has 2 heterocycles. The minimum atomic E-state index is -0.947. The lowest BCUT2D eigenvalue weighted by Gasteiger charge is -2.27. The van der Waals surface area contributed by atoms with Crippen LogP contribution in [0.2, 0.25) is 0 Å². The van der Waals surface area contributed by atoms with Crippen LogP contribution in [0.5, 0.6) is 0 Å². The number of nitrogens with one attached hydrogen (secondary N) is 1. The highest BCUT2D eigenvalue weighted by Gasteiger charge is 2.48. The maximum absolute atomic E-state index is 12.3. The number of hydrogen-bond donors (Lipinski definition) is 2. The smallest absolute Gasteiger partial charge is 0.327 e. The van der Waals surface area contributed by atoms with Gasteiger partial charge in [0.1, 0.15) is 6.04 Å². The SMILES string of the molecule is O=C(O)C1CSC(C2CC2)N1C(=O)NCCc1ncno1. The molecule has 1 aromatic heterocycles. The molecule has 21 heavy (non-hydrogen) atoms. The van der Waals surface area contributed by atoms with Crippen LogP contribution in [0.3, 0.4) is 0 Å². The number of carboxylic acid groups (broad SMARTS) is 1. The monoisotopic (exact) mass is 312 g/mol. The second-order valence-corrected chi connectivity index (χ2v) is 6.29. The fourth-order valence-electron chi connectivity index (χ4n) is 2.39. The third-order valence-electron chi connectivity index (χ3n) is 3.60.